The van der Waals surface area contributed by atoms with Gasteiger partial charge in [-0.1, -0.05) is 36.4 Å². The standard InChI is InChI=1S/C17H22N4O3S/c1-4-10-21(12-15-8-6-5-7-9-15)17(22)14(2)19-25(23,24)16-11-18-20(3)13-16/h4-9,11,13-14,19H,1,10,12H2,2-3H3. The fraction of sp³-hybridized carbons (Fsp3) is 0.294. The highest BCUT2D eigenvalue weighted by Crippen LogP contribution is 2.10. The zero-order valence-corrected chi connectivity index (χ0v) is 15.1. The highest BCUT2D eigenvalue weighted by molar-refractivity contribution is 7.89. The first kappa shape index (κ1) is 18.9. The van der Waals surface area contributed by atoms with E-state index in [2.05, 4.69) is 16.4 Å². The maximum Gasteiger partial charge on any atom is 0.244 e. The lowest BCUT2D eigenvalue weighted by Crippen LogP contribution is -2.46. The molecule has 1 heterocycles. The monoisotopic (exact) mass is 362 g/mol. The molecule has 1 aromatic heterocycles. The molecule has 1 aromatic carbocycles. The van der Waals surface area contributed by atoms with Crippen LogP contribution in [0.1, 0.15) is 12.5 Å². The summed E-state index contributed by atoms with van der Waals surface area (Å²) in [4.78, 5) is 14.3. The number of carbonyl (C=O) groups excluding carboxylic acids is 1. The van der Waals surface area contributed by atoms with Crippen LogP contribution in [0, 0.1) is 0 Å². The minimum atomic E-state index is -3.81. The lowest BCUT2D eigenvalue weighted by molar-refractivity contribution is -0.132. The smallest absolute Gasteiger partial charge is 0.244 e. The maximum absolute atomic E-state index is 12.7. The van der Waals surface area contributed by atoms with Crippen molar-refractivity contribution in [2.24, 2.45) is 7.05 Å². The van der Waals surface area contributed by atoms with E-state index >= 15 is 0 Å². The Balaban J connectivity index is 2.11. The van der Waals surface area contributed by atoms with E-state index in [0.717, 1.165) is 5.56 Å². The molecule has 8 heteroatoms. The minimum absolute atomic E-state index is 0.0213. The highest BCUT2D eigenvalue weighted by atomic mass is 32.2. The molecule has 0 aliphatic heterocycles. The first-order valence-electron chi connectivity index (χ1n) is 7.78. The molecule has 2 rings (SSSR count). The van der Waals surface area contributed by atoms with Gasteiger partial charge in [0.25, 0.3) is 0 Å². The first-order valence-corrected chi connectivity index (χ1v) is 9.26. The van der Waals surface area contributed by atoms with E-state index in [9.17, 15) is 13.2 Å². The van der Waals surface area contributed by atoms with Crippen LogP contribution in [0.15, 0.2) is 60.3 Å². The summed E-state index contributed by atoms with van der Waals surface area (Å²) >= 11 is 0. The summed E-state index contributed by atoms with van der Waals surface area (Å²) in [5.74, 6) is -0.323. The number of carbonyl (C=O) groups is 1. The Morgan fingerprint density at radius 1 is 1.40 bits per heavy atom. The molecule has 1 amide bonds. The molecular weight excluding hydrogens is 340 g/mol. The molecule has 0 aliphatic rings. The predicted molar refractivity (Wildman–Crippen MR) is 95.0 cm³/mol. The van der Waals surface area contributed by atoms with Gasteiger partial charge in [-0.05, 0) is 12.5 Å². The van der Waals surface area contributed by atoms with Crippen molar-refractivity contribution in [3.63, 3.8) is 0 Å². The third-order valence-corrected chi connectivity index (χ3v) is 5.07. The maximum atomic E-state index is 12.7. The minimum Gasteiger partial charge on any atom is -0.333 e. The lowest BCUT2D eigenvalue weighted by Gasteiger charge is -2.25. The molecule has 0 spiro atoms. The summed E-state index contributed by atoms with van der Waals surface area (Å²) in [6.07, 6.45) is 4.24. The van der Waals surface area contributed by atoms with Gasteiger partial charge in [0.2, 0.25) is 15.9 Å². The van der Waals surface area contributed by atoms with Gasteiger partial charge in [0.1, 0.15) is 4.90 Å². The van der Waals surface area contributed by atoms with Crippen molar-refractivity contribution in [2.75, 3.05) is 6.54 Å². The third-order valence-electron chi connectivity index (χ3n) is 3.57. The molecule has 1 atom stereocenters. The number of aryl methyl sites for hydroxylation is 1. The Hall–Kier alpha value is -2.45. The number of rotatable bonds is 8. The molecule has 1 N–H and O–H groups in total. The van der Waals surface area contributed by atoms with Gasteiger partial charge in [0.15, 0.2) is 0 Å². The quantitative estimate of drug-likeness (QED) is 0.718. The van der Waals surface area contributed by atoms with E-state index in [4.69, 9.17) is 0 Å². The number of hydrogen-bond donors (Lipinski definition) is 1. The van der Waals surface area contributed by atoms with Crippen LogP contribution in [0.5, 0.6) is 0 Å². The fourth-order valence-electron chi connectivity index (χ4n) is 2.35. The van der Waals surface area contributed by atoms with Gasteiger partial charge in [-0.3, -0.25) is 9.48 Å². The Morgan fingerprint density at radius 3 is 2.64 bits per heavy atom. The van der Waals surface area contributed by atoms with Crippen molar-refractivity contribution >= 4 is 15.9 Å². The fourth-order valence-corrected chi connectivity index (χ4v) is 3.53. The Bertz CT molecular complexity index is 831. The third kappa shape index (κ3) is 5.01. The van der Waals surface area contributed by atoms with Gasteiger partial charge in [-0.25, -0.2) is 8.42 Å². The van der Waals surface area contributed by atoms with E-state index < -0.39 is 16.1 Å². The zero-order chi connectivity index (χ0) is 18.4. The predicted octanol–water partition coefficient (Wildman–Crippen LogP) is 1.30. The van der Waals surface area contributed by atoms with Crippen LogP contribution < -0.4 is 4.72 Å². The van der Waals surface area contributed by atoms with Crippen LogP contribution >= 0.6 is 0 Å². The van der Waals surface area contributed by atoms with Crippen molar-refractivity contribution in [3.05, 3.63) is 60.9 Å². The second kappa shape index (κ2) is 8.09. The Kier molecular flexibility index (Phi) is 6.11. The number of amides is 1. The van der Waals surface area contributed by atoms with E-state index in [1.54, 1.807) is 18.0 Å². The average Bonchev–Trinajstić information content (AvgIpc) is 3.02. The first-order chi connectivity index (χ1) is 11.8. The van der Waals surface area contributed by atoms with Gasteiger partial charge in [-0.2, -0.15) is 9.82 Å². The molecule has 0 saturated heterocycles. The Labute approximate surface area is 148 Å². The van der Waals surface area contributed by atoms with E-state index in [1.165, 1.54) is 24.0 Å². The van der Waals surface area contributed by atoms with Gasteiger partial charge in [0, 0.05) is 26.3 Å². The number of sulfonamides is 1. The van der Waals surface area contributed by atoms with Crippen LogP contribution in [0.25, 0.3) is 0 Å². The van der Waals surface area contributed by atoms with Gasteiger partial charge >= 0.3 is 0 Å². The summed E-state index contributed by atoms with van der Waals surface area (Å²) in [6, 6.07) is 8.59. The molecular formula is C17H22N4O3S. The molecule has 1 unspecified atom stereocenters. The van der Waals surface area contributed by atoms with Crippen LogP contribution in [-0.4, -0.2) is 41.6 Å². The molecule has 134 valence electrons. The van der Waals surface area contributed by atoms with E-state index in [-0.39, 0.29) is 10.8 Å². The van der Waals surface area contributed by atoms with E-state index in [0.29, 0.717) is 13.1 Å². The number of hydrogen-bond acceptors (Lipinski definition) is 4. The summed E-state index contributed by atoms with van der Waals surface area (Å²) in [6.45, 7) is 5.90. The van der Waals surface area contributed by atoms with Crippen molar-refractivity contribution < 1.29 is 13.2 Å². The summed E-state index contributed by atoms with van der Waals surface area (Å²) in [7, 11) is -2.19. The largest absolute Gasteiger partial charge is 0.333 e. The number of nitrogens with one attached hydrogen (secondary N) is 1. The summed E-state index contributed by atoms with van der Waals surface area (Å²) < 4.78 is 28.5. The molecule has 0 saturated carbocycles. The van der Waals surface area contributed by atoms with Crippen LogP contribution in [0.2, 0.25) is 0 Å². The SMILES string of the molecule is C=CCN(Cc1ccccc1)C(=O)C(C)NS(=O)(=O)c1cnn(C)c1. The average molecular weight is 362 g/mol. The highest BCUT2D eigenvalue weighted by Gasteiger charge is 2.26. The summed E-state index contributed by atoms with van der Waals surface area (Å²) in [5.41, 5.74) is 0.958. The second-order valence-corrected chi connectivity index (χ2v) is 7.40. The van der Waals surface area contributed by atoms with Crippen molar-refractivity contribution in [2.45, 2.75) is 24.4 Å². The van der Waals surface area contributed by atoms with Crippen LogP contribution in [0.3, 0.4) is 0 Å². The molecule has 0 radical (unpaired) electrons. The van der Waals surface area contributed by atoms with Crippen LogP contribution in [0.4, 0.5) is 0 Å². The van der Waals surface area contributed by atoms with Crippen molar-refractivity contribution in [1.29, 1.82) is 0 Å². The Morgan fingerprint density at radius 2 is 2.08 bits per heavy atom. The zero-order valence-electron chi connectivity index (χ0n) is 14.3. The number of benzene rings is 1. The van der Waals surface area contributed by atoms with Crippen molar-refractivity contribution in [3.8, 4) is 0 Å². The number of aromatic nitrogens is 2. The topological polar surface area (TPSA) is 84.3 Å². The second-order valence-electron chi connectivity index (χ2n) is 5.69. The number of nitrogens with zero attached hydrogens (tertiary/aromatic N) is 3. The molecule has 2 aromatic rings. The van der Waals surface area contributed by atoms with Gasteiger partial charge in [0.05, 0.1) is 12.2 Å². The molecule has 0 bridgehead atoms. The van der Waals surface area contributed by atoms with Crippen molar-refractivity contribution in [1.82, 2.24) is 19.4 Å². The molecule has 7 nitrogen and oxygen atoms in total. The molecule has 25 heavy (non-hydrogen) atoms. The molecule has 0 fully saturated rings. The van der Waals surface area contributed by atoms with Gasteiger partial charge < -0.3 is 4.90 Å². The van der Waals surface area contributed by atoms with Crippen LogP contribution in [-0.2, 0) is 28.4 Å². The normalized spacial score (nSPS) is 12.6. The van der Waals surface area contributed by atoms with E-state index in [1.807, 2.05) is 30.3 Å². The lowest BCUT2D eigenvalue weighted by atomic mass is 10.2. The summed E-state index contributed by atoms with van der Waals surface area (Å²) in [5, 5.41) is 3.84. The molecule has 0 aliphatic carbocycles. The van der Waals surface area contributed by atoms with Gasteiger partial charge in [-0.15, -0.1) is 6.58 Å².